The predicted molar refractivity (Wildman–Crippen MR) is 101 cm³/mol. The molecule has 1 fully saturated rings. The molecule has 0 aliphatic carbocycles. The Hall–Kier alpha value is -1.29. The van der Waals surface area contributed by atoms with Crippen LogP contribution in [0, 0.1) is 0 Å². The number of aryl methyl sites for hydroxylation is 1. The molecule has 0 amide bonds. The van der Waals surface area contributed by atoms with Crippen LogP contribution >= 0.6 is 0 Å². The molecule has 0 unspecified atom stereocenters. The maximum atomic E-state index is 12.2. The van der Waals surface area contributed by atoms with Crippen LogP contribution in [0.1, 0.15) is 75.8 Å². The molecule has 1 nitrogen and oxygen atoms in total. The maximum absolute atomic E-state index is 12.2. The quantitative estimate of drug-likeness (QED) is 0.283. The van der Waals surface area contributed by atoms with Crippen LogP contribution in [0.15, 0.2) is 30.3 Å². The Balaban J connectivity index is 1.66. The molecule has 0 spiro atoms. The first-order valence-corrected chi connectivity index (χ1v) is 9.97. The van der Waals surface area contributed by atoms with Crippen LogP contribution in [0.5, 0.6) is 0 Å². The van der Waals surface area contributed by atoms with Crippen LogP contribution < -0.4 is 0 Å². The average Bonchev–Trinajstić information content (AvgIpc) is 3.36. The van der Waals surface area contributed by atoms with Gasteiger partial charge in [-0.3, -0.25) is 0 Å². The monoisotopic (exact) mass is 368 g/mol. The minimum Gasteiger partial charge on any atom is -0.365 e. The van der Waals surface area contributed by atoms with Gasteiger partial charge in [0.05, 0.1) is 6.10 Å². The molecule has 1 saturated heterocycles. The second kappa shape index (κ2) is 10.8. The van der Waals surface area contributed by atoms with Gasteiger partial charge in [-0.05, 0) is 30.4 Å². The van der Waals surface area contributed by atoms with Gasteiger partial charge < -0.3 is 4.74 Å². The van der Waals surface area contributed by atoms with Crippen molar-refractivity contribution >= 4 is 6.08 Å². The summed E-state index contributed by atoms with van der Waals surface area (Å²) in [5.74, 6) is 0. The number of hydrogen-bond acceptors (Lipinski definition) is 1. The second-order valence-corrected chi connectivity index (χ2v) is 7.27. The van der Waals surface area contributed by atoms with E-state index < -0.39 is 12.6 Å². The van der Waals surface area contributed by atoms with E-state index in [-0.39, 0.29) is 18.6 Å². The first-order valence-electron chi connectivity index (χ1n) is 9.97. The summed E-state index contributed by atoms with van der Waals surface area (Å²) >= 11 is 0. The number of rotatable bonds is 12. The predicted octanol–water partition coefficient (Wildman–Crippen LogP) is 7.10. The lowest BCUT2D eigenvalue weighted by Crippen LogP contribution is -2.08. The van der Waals surface area contributed by atoms with Gasteiger partial charge in [-0.1, -0.05) is 81.9 Å². The molecular formula is C22H31F3O. The smallest absolute Gasteiger partial charge is 0.365 e. The third-order valence-corrected chi connectivity index (χ3v) is 4.83. The fraction of sp³-hybridized carbons (Fsp3) is 0.636. The SMILES string of the molecule is CCCCCCCCCc1cccc(C=C[C@H]2O[C@@H]2CCC(F)(F)F)c1. The summed E-state index contributed by atoms with van der Waals surface area (Å²) in [7, 11) is 0. The highest BCUT2D eigenvalue weighted by Gasteiger charge is 2.39. The van der Waals surface area contributed by atoms with Crippen molar-refractivity contribution in [2.24, 2.45) is 0 Å². The summed E-state index contributed by atoms with van der Waals surface area (Å²) in [6.45, 7) is 2.24. The minimum atomic E-state index is -4.09. The second-order valence-electron chi connectivity index (χ2n) is 7.27. The van der Waals surface area contributed by atoms with E-state index >= 15 is 0 Å². The molecule has 146 valence electrons. The molecule has 1 aliphatic heterocycles. The Labute approximate surface area is 155 Å². The lowest BCUT2D eigenvalue weighted by Gasteiger charge is -2.04. The molecular weight excluding hydrogens is 337 g/mol. The normalized spacial score (nSPS) is 20.0. The third kappa shape index (κ3) is 8.88. The molecule has 26 heavy (non-hydrogen) atoms. The molecule has 1 aromatic rings. The molecule has 1 aromatic carbocycles. The highest BCUT2D eigenvalue weighted by Crippen LogP contribution is 2.32. The largest absolute Gasteiger partial charge is 0.389 e. The van der Waals surface area contributed by atoms with E-state index in [2.05, 4.69) is 19.1 Å². The highest BCUT2D eigenvalue weighted by atomic mass is 19.4. The molecule has 0 aromatic heterocycles. The minimum absolute atomic E-state index is 0.0524. The van der Waals surface area contributed by atoms with Crippen LogP contribution in [0.3, 0.4) is 0 Å². The summed E-state index contributed by atoms with van der Waals surface area (Å²) in [4.78, 5) is 0. The average molecular weight is 368 g/mol. The van der Waals surface area contributed by atoms with E-state index in [0.29, 0.717) is 0 Å². The van der Waals surface area contributed by atoms with Crippen molar-refractivity contribution in [2.45, 2.75) is 89.5 Å². The van der Waals surface area contributed by atoms with Gasteiger partial charge in [0.15, 0.2) is 0 Å². The first kappa shape index (κ1) is 21.0. The zero-order chi connectivity index (χ0) is 18.8. The van der Waals surface area contributed by atoms with Crippen molar-refractivity contribution in [2.75, 3.05) is 0 Å². The topological polar surface area (TPSA) is 12.5 Å². The van der Waals surface area contributed by atoms with Crippen molar-refractivity contribution in [3.8, 4) is 0 Å². The van der Waals surface area contributed by atoms with Gasteiger partial charge in [0, 0.05) is 6.42 Å². The molecule has 2 rings (SSSR count). The molecule has 0 saturated carbocycles. The van der Waals surface area contributed by atoms with Gasteiger partial charge in [-0.15, -0.1) is 0 Å². The summed E-state index contributed by atoms with van der Waals surface area (Å²) in [5, 5.41) is 0. The van der Waals surface area contributed by atoms with Crippen molar-refractivity contribution in [3.05, 3.63) is 41.5 Å². The van der Waals surface area contributed by atoms with Crippen molar-refractivity contribution in [1.29, 1.82) is 0 Å². The fourth-order valence-corrected chi connectivity index (χ4v) is 3.21. The Morgan fingerprint density at radius 1 is 1.04 bits per heavy atom. The molecule has 1 heterocycles. The van der Waals surface area contributed by atoms with E-state index in [4.69, 9.17) is 4.74 Å². The first-order chi connectivity index (χ1) is 12.5. The van der Waals surface area contributed by atoms with Crippen molar-refractivity contribution in [3.63, 3.8) is 0 Å². The van der Waals surface area contributed by atoms with Gasteiger partial charge in [0.2, 0.25) is 0 Å². The van der Waals surface area contributed by atoms with E-state index in [1.807, 2.05) is 24.3 Å². The van der Waals surface area contributed by atoms with E-state index in [1.54, 1.807) is 0 Å². The zero-order valence-corrected chi connectivity index (χ0v) is 15.7. The molecule has 2 atom stereocenters. The number of halogens is 3. The van der Waals surface area contributed by atoms with Gasteiger partial charge in [-0.25, -0.2) is 0 Å². The Morgan fingerprint density at radius 3 is 2.50 bits per heavy atom. The summed E-state index contributed by atoms with van der Waals surface area (Å²) < 4.78 is 41.9. The Bertz CT molecular complexity index is 551. The number of epoxide rings is 1. The van der Waals surface area contributed by atoms with Crippen molar-refractivity contribution < 1.29 is 17.9 Å². The van der Waals surface area contributed by atoms with E-state index in [1.165, 1.54) is 50.5 Å². The van der Waals surface area contributed by atoms with Crippen LogP contribution in [0.25, 0.3) is 6.08 Å². The van der Waals surface area contributed by atoms with Gasteiger partial charge in [-0.2, -0.15) is 13.2 Å². The van der Waals surface area contributed by atoms with E-state index in [0.717, 1.165) is 12.0 Å². The standard InChI is InChI=1S/C22H31F3O/c1-2-3-4-5-6-7-8-10-18-11-9-12-19(17-18)13-14-20-21(26-20)15-16-22(23,24)25/h9,11-14,17,20-21H,2-8,10,15-16H2,1H3/t20-,21-/m1/s1. The Kier molecular flexibility index (Phi) is 8.70. The number of ether oxygens (including phenoxy) is 1. The number of benzene rings is 1. The number of unbranched alkanes of at least 4 members (excludes halogenated alkanes) is 6. The summed E-state index contributed by atoms with van der Waals surface area (Å²) in [6, 6.07) is 8.39. The summed E-state index contributed by atoms with van der Waals surface area (Å²) in [5.41, 5.74) is 2.42. The van der Waals surface area contributed by atoms with Crippen LogP contribution in [-0.2, 0) is 11.2 Å². The highest BCUT2D eigenvalue weighted by molar-refractivity contribution is 5.51. The lowest BCUT2D eigenvalue weighted by atomic mass is 10.0. The van der Waals surface area contributed by atoms with Gasteiger partial charge >= 0.3 is 6.18 Å². The lowest BCUT2D eigenvalue weighted by molar-refractivity contribution is -0.136. The summed E-state index contributed by atoms with van der Waals surface area (Å²) in [6.07, 6.45) is 8.82. The van der Waals surface area contributed by atoms with Gasteiger partial charge in [0.25, 0.3) is 0 Å². The zero-order valence-electron chi connectivity index (χ0n) is 15.7. The molecule has 1 aliphatic rings. The number of alkyl halides is 3. The molecule has 0 bridgehead atoms. The number of hydrogen-bond donors (Lipinski definition) is 0. The van der Waals surface area contributed by atoms with Crippen LogP contribution in [0.4, 0.5) is 13.2 Å². The fourth-order valence-electron chi connectivity index (χ4n) is 3.21. The van der Waals surface area contributed by atoms with Crippen LogP contribution in [0.2, 0.25) is 0 Å². The maximum Gasteiger partial charge on any atom is 0.389 e. The van der Waals surface area contributed by atoms with Crippen LogP contribution in [-0.4, -0.2) is 18.4 Å². The van der Waals surface area contributed by atoms with E-state index in [9.17, 15) is 13.2 Å². The third-order valence-electron chi connectivity index (χ3n) is 4.83. The molecule has 0 N–H and O–H groups in total. The van der Waals surface area contributed by atoms with Crippen molar-refractivity contribution in [1.82, 2.24) is 0 Å². The Morgan fingerprint density at radius 2 is 1.77 bits per heavy atom. The molecule has 4 heteroatoms. The molecule has 0 radical (unpaired) electrons. The van der Waals surface area contributed by atoms with Gasteiger partial charge in [0.1, 0.15) is 6.10 Å².